The Bertz CT molecular complexity index is 289. The van der Waals surface area contributed by atoms with Crippen molar-refractivity contribution in [3.8, 4) is 0 Å². The number of hydrogen-bond donors (Lipinski definition) is 0. The minimum Gasteiger partial charge on any atom is -0.343 e. The highest BCUT2D eigenvalue weighted by Crippen LogP contribution is 2.17. The zero-order valence-electron chi connectivity index (χ0n) is 9.08. The van der Waals surface area contributed by atoms with E-state index in [1.54, 1.807) is 12.4 Å². The molecule has 1 heterocycles. The molecule has 0 N–H and O–H groups in total. The predicted octanol–water partition coefficient (Wildman–Crippen LogP) is 2.72. The second-order valence-corrected chi connectivity index (χ2v) is 5.53. The van der Waals surface area contributed by atoms with E-state index in [0.717, 1.165) is 17.0 Å². The number of anilines is 1. The molecule has 4 heteroatoms. The van der Waals surface area contributed by atoms with Gasteiger partial charge in [-0.2, -0.15) is 0 Å². The second kappa shape index (κ2) is 4.26. The Labute approximate surface area is 93.7 Å². The van der Waals surface area contributed by atoms with Crippen LogP contribution in [0.3, 0.4) is 0 Å². The SMILES string of the molecule is CN(CC(C)(C)C)c1ncc(Br)cn1. The largest absolute Gasteiger partial charge is 0.343 e. The van der Waals surface area contributed by atoms with Crippen LogP contribution in [0.25, 0.3) is 0 Å². The van der Waals surface area contributed by atoms with E-state index in [2.05, 4.69) is 51.6 Å². The number of halogens is 1. The highest BCUT2D eigenvalue weighted by molar-refractivity contribution is 9.10. The van der Waals surface area contributed by atoms with E-state index >= 15 is 0 Å². The summed E-state index contributed by atoms with van der Waals surface area (Å²) in [6.07, 6.45) is 3.53. The average molecular weight is 258 g/mol. The Kier molecular flexibility index (Phi) is 3.48. The van der Waals surface area contributed by atoms with Gasteiger partial charge in [-0.15, -0.1) is 0 Å². The monoisotopic (exact) mass is 257 g/mol. The first-order valence-electron chi connectivity index (χ1n) is 4.57. The Hall–Kier alpha value is -0.640. The zero-order valence-corrected chi connectivity index (χ0v) is 10.7. The summed E-state index contributed by atoms with van der Waals surface area (Å²) >= 11 is 3.31. The molecule has 1 aromatic rings. The fourth-order valence-corrected chi connectivity index (χ4v) is 1.49. The first-order chi connectivity index (χ1) is 6.38. The van der Waals surface area contributed by atoms with Crippen molar-refractivity contribution < 1.29 is 0 Å². The van der Waals surface area contributed by atoms with Crippen LogP contribution in [0.2, 0.25) is 0 Å². The van der Waals surface area contributed by atoms with Crippen molar-refractivity contribution in [2.75, 3.05) is 18.5 Å². The first kappa shape index (κ1) is 11.4. The van der Waals surface area contributed by atoms with Crippen molar-refractivity contribution in [1.29, 1.82) is 0 Å². The molecule has 0 saturated carbocycles. The Morgan fingerprint density at radius 3 is 2.21 bits per heavy atom. The van der Waals surface area contributed by atoms with Crippen LogP contribution >= 0.6 is 15.9 Å². The summed E-state index contributed by atoms with van der Waals surface area (Å²) < 4.78 is 0.908. The summed E-state index contributed by atoms with van der Waals surface area (Å²) in [5.41, 5.74) is 0.255. The molecule has 0 aromatic carbocycles. The van der Waals surface area contributed by atoms with Gasteiger partial charge in [0.05, 0.1) is 4.47 Å². The summed E-state index contributed by atoms with van der Waals surface area (Å²) in [5, 5.41) is 0. The average Bonchev–Trinajstić information content (AvgIpc) is 2.02. The van der Waals surface area contributed by atoms with Gasteiger partial charge in [0.15, 0.2) is 0 Å². The van der Waals surface area contributed by atoms with E-state index in [4.69, 9.17) is 0 Å². The molecule has 0 amide bonds. The fraction of sp³-hybridized carbons (Fsp3) is 0.600. The maximum Gasteiger partial charge on any atom is 0.225 e. The molecule has 1 rings (SSSR count). The third-order valence-electron chi connectivity index (χ3n) is 1.66. The molecular weight excluding hydrogens is 242 g/mol. The number of nitrogens with zero attached hydrogens (tertiary/aromatic N) is 3. The zero-order chi connectivity index (χ0) is 10.8. The van der Waals surface area contributed by atoms with Crippen molar-refractivity contribution in [1.82, 2.24) is 9.97 Å². The molecule has 0 radical (unpaired) electrons. The Balaban J connectivity index is 2.70. The van der Waals surface area contributed by atoms with Gasteiger partial charge in [0.2, 0.25) is 5.95 Å². The normalized spacial score (nSPS) is 11.5. The van der Waals surface area contributed by atoms with Crippen LogP contribution in [0.1, 0.15) is 20.8 Å². The van der Waals surface area contributed by atoms with Gasteiger partial charge in [-0.1, -0.05) is 20.8 Å². The van der Waals surface area contributed by atoms with Crippen molar-refractivity contribution in [3.63, 3.8) is 0 Å². The predicted molar refractivity (Wildman–Crippen MR) is 62.5 cm³/mol. The summed E-state index contributed by atoms with van der Waals surface area (Å²) in [7, 11) is 2.01. The molecule has 0 bridgehead atoms. The molecule has 0 fully saturated rings. The maximum atomic E-state index is 4.23. The molecule has 1 aromatic heterocycles. The van der Waals surface area contributed by atoms with Gasteiger partial charge in [0.1, 0.15) is 0 Å². The van der Waals surface area contributed by atoms with Gasteiger partial charge in [-0.05, 0) is 21.3 Å². The standard InChI is InChI=1S/C10H16BrN3/c1-10(2,3)7-14(4)9-12-5-8(11)6-13-9/h5-6H,7H2,1-4H3. The summed E-state index contributed by atoms with van der Waals surface area (Å²) in [5.74, 6) is 0.767. The van der Waals surface area contributed by atoms with Gasteiger partial charge < -0.3 is 4.90 Å². The molecule has 0 spiro atoms. The molecule has 14 heavy (non-hydrogen) atoms. The van der Waals surface area contributed by atoms with Gasteiger partial charge in [-0.3, -0.25) is 0 Å². The molecule has 0 aliphatic heterocycles. The molecule has 0 saturated heterocycles. The van der Waals surface area contributed by atoms with Crippen LogP contribution in [0.15, 0.2) is 16.9 Å². The van der Waals surface area contributed by atoms with Crippen molar-refractivity contribution >= 4 is 21.9 Å². The lowest BCUT2D eigenvalue weighted by Gasteiger charge is -2.26. The lowest BCUT2D eigenvalue weighted by molar-refractivity contribution is 0.416. The second-order valence-electron chi connectivity index (χ2n) is 4.62. The third-order valence-corrected chi connectivity index (χ3v) is 2.07. The van der Waals surface area contributed by atoms with Gasteiger partial charge in [0.25, 0.3) is 0 Å². The van der Waals surface area contributed by atoms with Crippen molar-refractivity contribution in [2.45, 2.75) is 20.8 Å². The van der Waals surface area contributed by atoms with E-state index in [9.17, 15) is 0 Å². The van der Waals surface area contributed by atoms with Crippen LogP contribution in [0.4, 0.5) is 5.95 Å². The maximum absolute atomic E-state index is 4.23. The summed E-state index contributed by atoms with van der Waals surface area (Å²) in [6.45, 7) is 7.53. The van der Waals surface area contributed by atoms with E-state index in [1.165, 1.54) is 0 Å². The Morgan fingerprint density at radius 2 is 1.79 bits per heavy atom. The molecule has 0 aliphatic carbocycles. The van der Waals surface area contributed by atoms with Gasteiger partial charge in [-0.25, -0.2) is 9.97 Å². The first-order valence-corrected chi connectivity index (χ1v) is 5.36. The lowest BCUT2D eigenvalue weighted by atomic mass is 9.96. The third kappa shape index (κ3) is 3.62. The summed E-state index contributed by atoms with van der Waals surface area (Å²) in [6, 6.07) is 0. The molecule has 0 unspecified atom stereocenters. The van der Waals surface area contributed by atoms with E-state index < -0.39 is 0 Å². The molecule has 78 valence electrons. The van der Waals surface area contributed by atoms with Gasteiger partial charge >= 0.3 is 0 Å². The number of rotatable bonds is 2. The van der Waals surface area contributed by atoms with Crippen molar-refractivity contribution in [2.24, 2.45) is 5.41 Å². The van der Waals surface area contributed by atoms with Crippen LogP contribution in [0, 0.1) is 5.41 Å². The lowest BCUT2D eigenvalue weighted by Crippen LogP contribution is -2.30. The Morgan fingerprint density at radius 1 is 1.29 bits per heavy atom. The highest BCUT2D eigenvalue weighted by atomic mass is 79.9. The topological polar surface area (TPSA) is 29.0 Å². The van der Waals surface area contributed by atoms with E-state index in [1.807, 2.05) is 7.05 Å². The fourth-order valence-electron chi connectivity index (χ4n) is 1.28. The minimum atomic E-state index is 0.255. The van der Waals surface area contributed by atoms with Gasteiger partial charge in [0, 0.05) is 26.0 Å². The number of aromatic nitrogens is 2. The van der Waals surface area contributed by atoms with Crippen molar-refractivity contribution in [3.05, 3.63) is 16.9 Å². The van der Waals surface area contributed by atoms with E-state index in [-0.39, 0.29) is 5.41 Å². The molecular formula is C10H16BrN3. The smallest absolute Gasteiger partial charge is 0.225 e. The minimum absolute atomic E-state index is 0.255. The molecule has 0 atom stereocenters. The van der Waals surface area contributed by atoms with Crippen LogP contribution in [-0.2, 0) is 0 Å². The summed E-state index contributed by atoms with van der Waals surface area (Å²) in [4.78, 5) is 10.5. The quantitative estimate of drug-likeness (QED) is 0.816. The van der Waals surface area contributed by atoms with Crippen LogP contribution < -0.4 is 4.90 Å². The molecule has 3 nitrogen and oxygen atoms in total. The van der Waals surface area contributed by atoms with Crippen LogP contribution in [0.5, 0.6) is 0 Å². The van der Waals surface area contributed by atoms with E-state index in [0.29, 0.717) is 0 Å². The number of hydrogen-bond acceptors (Lipinski definition) is 3. The molecule has 0 aliphatic rings. The van der Waals surface area contributed by atoms with Crippen LogP contribution in [-0.4, -0.2) is 23.6 Å². The highest BCUT2D eigenvalue weighted by Gasteiger charge is 2.15.